The van der Waals surface area contributed by atoms with Crippen molar-refractivity contribution in [2.24, 2.45) is 5.92 Å². The van der Waals surface area contributed by atoms with Gasteiger partial charge in [0.15, 0.2) is 5.78 Å². The van der Waals surface area contributed by atoms with Crippen LogP contribution in [0.25, 0.3) is 0 Å². The van der Waals surface area contributed by atoms with Gasteiger partial charge in [-0.25, -0.2) is 0 Å². The summed E-state index contributed by atoms with van der Waals surface area (Å²) in [6.45, 7) is 0. The summed E-state index contributed by atoms with van der Waals surface area (Å²) in [6, 6.07) is -0.133. The topological polar surface area (TPSA) is 46.2 Å². The summed E-state index contributed by atoms with van der Waals surface area (Å²) in [4.78, 5) is 21.9. The third-order valence-electron chi connectivity index (χ3n) is 2.34. The molecule has 1 heterocycles. The minimum atomic E-state index is -0.133. The van der Waals surface area contributed by atoms with E-state index in [-0.39, 0.29) is 23.7 Å². The van der Waals surface area contributed by atoms with E-state index in [1.54, 1.807) is 0 Å². The molecule has 1 amide bonds. The van der Waals surface area contributed by atoms with Crippen molar-refractivity contribution < 1.29 is 9.59 Å². The van der Waals surface area contributed by atoms with Gasteiger partial charge in [0.25, 0.3) is 0 Å². The maximum atomic E-state index is 11.0. The number of fused-ring (bicyclic) bond motifs is 2. The molecule has 0 aromatic heterocycles. The summed E-state index contributed by atoms with van der Waals surface area (Å²) < 4.78 is 0. The summed E-state index contributed by atoms with van der Waals surface area (Å²) in [5.41, 5.74) is 0. The number of hydrogen-bond donors (Lipinski definition) is 1. The molecule has 1 aliphatic carbocycles. The van der Waals surface area contributed by atoms with Crippen LogP contribution in [0.1, 0.15) is 19.3 Å². The Morgan fingerprint density at radius 2 is 2.20 bits per heavy atom. The van der Waals surface area contributed by atoms with Gasteiger partial charge in [-0.3, -0.25) is 9.59 Å². The van der Waals surface area contributed by atoms with E-state index in [1.807, 2.05) is 0 Å². The Labute approximate surface area is 58.8 Å². The molecule has 10 heavy (non-hydrogen) atoms. The van der Waals surface area contributed by atoms with E-state index >= 15 is 0 Å². The van der Waals surface area contributed by atoms with Gasteiger partial charge in [-0.1, -0.05) is 0 Å². The van der Waals surface area contributed by atoms with Gasteiger partial charge >= 0.3 is 0 Å². The molecule has 1 saturated heterocycles. The largest absolute Gasteiger partial charge is 0.346 e. The van der Waals surface area contributed by atoms with Crippen LogP contribution >= 0.6 is 0 Å². The highest BCUT2D eigenvalue weighted by atomic mass is 16.2. The molecule has 3 heteroatoms. The second-order valence-corrected chi connectivity index (χ2v) is 3.00. The molecule has 1 saturated carbocycles. The summed E-state index contributed by atoms with van der Waals surface area (Å²) in [7, 11) is 0. The Balaban J connectivity index is 2.22. The van der Waals surface area contributed by atoms with Crippen molar-refractivity contribution in [1.82, 2.24) is 5.32 Å². The molecule has 2 bridgehead atoms. The van der Waals surface area contributed by atoms with Crippen molar-refractivity contribution in [2.75, 3.05) is 0 Å². The lowest BCUT2D eigenvalue weighted by Crippen LogP contribution is -2.32. The van der Waals surface area contributed by atoms with E-state index in [0.717, 1.165) is 12.8 Å². The SMILES string of the molecule is O=C1NC2CC1CCC2=O. The van der Waals surface area contributed by atoms with Crippen molar-refractivity contribution in [3.8, 4) is 0 Å². The maximum absolute atomic E-state index is 11.0. The van der Waals surface area contributed by atoms with Crippen LogP contribution in [0.2, 0.25) is 0 Å². The first-order valence-corrected chi connectivity index (χ1v) is 3.60. The van der Waals surface area contributed by atoms with Crippen molar-refractivity contribution in [3.63, 3.8) is 0 Å². The van der Waals surface area contributed by atoms with Gasteiger partial charge in [-0.15, -0.1) is 0 Å². The highest BCUT2D eigenvalue weighted by molar-refractivity contribution is 5.95. The van der Waals surface area contributed by atoms with Gasteiger partial charge in [0.2, 0.25) is 5.91 Å². The zero-order valence-electron chi connectivity index (χ0n) is 5.59. The third-order valence-corrected chi connectivity index (χ3v) is 2.34. The molecular formula is C7H9NO2. The number of carbonyl (C=O) groups excluding carboxylic acids is 2. The standard InChI is InChI=1S/C7H9NO2/c9-6-2-1-4-3-5(6)8-7(4)10/h4-5H,1-3H2,(H,8,10). The number of rotatable bonds is 0. The van der Waals surface area contributed by atoms with Crippen LogP contribution in [-0.4, -0.2) is 17.7 Å². The Morgan fingerprint density at radius 1 is 1.40 bits per heavy atom. The molecule has 1 aliphatic heterocycles. The van der Waals surface area contributed by atoms with Crippen LogP contribution < -0.4 is 5.32 Å². The first kappa shape index (κ1) is 5.89. The van der Waals surface area contributed by atoms with Crippen LogP contribution in [0, 0.1) is 5.92 Å². The fourth-order valence-corrected chi connectivity index (χ4v) is 1.69. The van der Waals surface area contributed by atoms with Crippen LogP contribution in [0.3, 0.4) is 0 Å². The summed E-state index contributed by atoms with van der Waals surface area (Å²) in [5, 5.41) is 2.68. The molecule has 0 aromatic rings. The molecule has 0 spiro atoms. The van der Waals surface area contributed by atoms with Crippen molar-refractivity contribution in [1.29, 1.82) is 0 Å². The zero-order valence-corrected chi connectivity index (χ0v) is 5.59. The van der Waals surface area contributed by atoms with Crippen molar-refractivity contribution >= 4 is 11.7 Å². The van der Waals surface area contributed by atoms with Crippen LogP contribution in [-0.2, 0) is 9.59 Å². The predicted molar refractivity (Wildman–Crippen MR) is 34.3 cm³/mol. The quantitative estimate of drug-likeness (QED) is 0.507. The molecular weight excluding hydrogens is 130 g/mol. The number of Topliss-reactive ketones (excluding diaryl/α,β-unsaturated/α-hetero) is 1. The molecule has 1 N–H and O–H groups in total. The lowest BCUT2D eigenvalue weighted by atomic mass is 9.89. The Morgan fingerprint density at radius 3 is 2.90 bits per heavy atom. The molecule has 3 nitrogen and oxygen atoms in total. The monoisotopic (exact) mass is 139 g/mol. The van der Waals surface area contributed by atoms with Crippen molar-refractivity contribution in [3.05, 3.63) is 0 Å². The molecule has 2 atom stereocenters. The second-order valence-electron chi connectivity index (χ2n) is 3.00. The van der Waals surface area contributed by atoms with Gasteiger partial charge in [-0.05, 0) is 12.8 Å². The average molecular weight is 139 g/mol. The van der Waals surface area contributed by atoms with E-state index in [4.69, 9.17) is 0 Å². The van der Waals surface area contributed by atoms with Crippen molar-refractivity contribution in [2.45, 2.75) is 25.3 Å². The third kappa shape index (κ3) is 0.664. The summed E-state index contributed by atoms with van der Waals surface area (Å²) in [6.07, 6.45) is 2.10. The molecule has 2 rings (SSSR count). The molecule has 2 fully saturated rings. The fourth-order valence-electron chi connectivity index (χ4n) is 1.69. The van der Waals surface area contributed by atoms with Gasteiger partial charge in [0.1, 0.15) is 0 Å². The van der Waals surface area contributed by atoms with E-state index < -0.39 is 0 Å². The van der Waals surface area contributed by atoms with Gasteiger partial charge in [0, 0.05) is 12.3 Å². The van der Waals surface area contributed by atoms with Gasteiger partial charge in [-0.2, -0.15) is 0 Å². The number of carbonyl (C=O) groups is 2. The van der Waals surface area contributed by atoms with E-state index in [0.29, 0.717) is 6.42 Å². The van der Waals surface area contributed by atoms with E-state index in [9.17, 15) is 9.59 Å². The number of nitrogens with one attached hydrogen (secondary N) is 1. The number of ketones is 1. The minimum Gasteiger partial charge on any atom is -0.346 e. The first-order valence-electron chi connectivity index (χ1n) is 3.60. The summed E-state index contributed by atoms with van der Waals surface area (Å²) >= 11 is 0. The van der Waals surface area contributed by atoms with Crippen LogP contribution in [0.4, 0.5) is 0 Å². The average Bonchev–Trinajstić information content (AvgIpc) is 2.21. The first-order chi connectivity index (χ1) is 4.77. The molecule has 2 unspecified atom stereocenters. The van der Waals surface area contributed by atoms with Gasteiger partial charge in [0.05, 0.1) is 6.04 Å². The minimum absolute atomic E-state index is 0.0795. The lowest BCUT2D eigenvalue weighted by Gasteiger charge is -2.13. The Kier molecular flexibility index (Phi) is 1.07. The van der Waals surface area contributed by atoms with E-state index in [2.05, 4.69) is 5.32 Å². The smallest absolute Gasteiger partial charge is 0.223 e. The fraction of sp³-hybridized carbons (Fsp3) is 0.714. The highest BCUT2D eigenvalue weighted by Crippen LogP contribution is 2.27. The van der Waals surface area contributed by atoms with Crippen LogP contribution in [0.5, 0.6) is 0 Å². The Bertz CT molecular complexity index is 198. The summed E-state index contributed by atoms with van der Waals surface area (Å²) in [5.74, 6) is 0.431. The lowest BCUT2D eigenvalue weighted by molar-refractivity contribution is -0.123. The maximum Gasteiger partial charge on any atom is 0.223 e. The second kappa shape index (κ2) is 1.81. The molecule has 0 aromatic carbocycles. The number of amides is 1. The van der Waals surface area contributed by atoms with Crippen LogP contribution in [0.15, 0.2) is 0 Å². The Hall–Kier alpha value is -0.860. The molecule has 54 valence electrons. The van der Waals surface area contributed by atoms with E-state index in [1.165, 1.54) is 0 Å². The number of hydrogen-bond acceptors (Lipinski definition) is 2. The zero-order chi connectivity index (χ0) is 7.14. The highest BCUT2D eigenvalue weighted by Gasteiger charge is 2.39. The van der Waals surface area contributed by atoms with Gasteiger partial charge < -0.3 is 5.32 Å². The molecule has 0 radical (unpaired) electrons. The predicted octanol–water partition coefficient (Wildman–Crippen LogP) is -0.146. The molecule has 2 aliphatic rings. The normalized spacial score (nSPS) is 38.0.